The van der Waals surface area contributed by atoms with Gasteiger partial charge < -0.3 is 15.5 Å². The molecular formula is C49H99NO3. The molecular weight excluding hydrogens is 651 g/mol. The fourth-order valence-corrected chi connectivity index (χ4v) is 8.07. The van der Waals surface area contributed by atoms with Gasteiger partial charge in [-0.2, -0.15) is 0 Å². The first kappa shape index (κ1) is 52.4. The van der Waals surface area contributed by atoms with Crippen molar-refractivity contribution in [2.24, 2.45) is 0 Å². The molecule has 2 unspecified atom stereocenters. The second-order valence-corrected chi connectivity index (χ2v) is 17.3. The van der Waals surface area contributed by atoms with Gasteiger partial charge in [0, 0.05) is 6.42 Å². The molecule has 4 heteroatoms. The molecule has 0 aromatic carbocycles. The van der Waals surface area contributed by atoms with Crippen molar-refractivity contribution in [1.29, 1.82) is 0 Å². The van der Waals surface area contributed by atoms with Crippen molar-refractivity contribution in [2.45, 2.75) is 302 Å². The van der Waals surface area contributed by atoms with E-state index in [0.29, 0.717) is 12.8 Å². The molecule has 0 aliphatic rings. The average molecular weight is 750 g/mol. The first-order chi connectivity index (χ1) is 26.2. The van der Waals surface area contributed by atoms with Gasteiger partial charge in [-0.25, -0.2) is 0 Å². The molecule has 318 valence electrons. The summed E-state index contributed by atoms with van der Waals surface area (Å²) in [4.78, 5) is 12.4. The van der Waals surface area contributed by atoms with Crippen molar-refractivity contribution in [2.75, 3.05) is 6.61 Å². The fraction of sp³-hybridized carbons (Fsp3) is 0.980. The molecule has 0 spiro atoms. The summed E-state index contributed by atoms with van der Waals surface area (Å²) in [6, 6.07) is -0.530. The number of carbonyl (C=O) groups excluding carboxylic acids is 1. The van der Waals surface area contributed by atoms with E-state index >= 15 is 0 Å². The zero-order valence-electron chi connectivity index (χ0n) is 36.6. The average Bonchev–Trinajstić information content (AvgIpc) is 3.16. The van der Waals surface area contributed by atoms with E-state index in [2.05, 4.69) is 19.2 Å². The van der Waals surface area contributed by atoms with Crippen LogP contribution in [0, 0.1) is 0 Å². The molecule has 3 N–H and O–H groups in total. The molecule has 1 amide bonds. The largest absolute Gasteiger partial charge is 0.394 e. The smallest absolute Gasteiger partial charge is 0.220 e. The highest BCUT2D eigenvalue weighted by atomic mass is 16.3. The van der Waals surface area contributed by atoms with Crippen LogP contribution in [-0.2, 0) is 4.79 Å². The van der Waals surface area contributed by atoms with Crippen LogP contribution in [0.3, 0.4) is 0 Å². The lowest BCUT2D eigenvalue weighted by Gasteiger charge is -2.22. The van der Waals surface area contributed by atoms with Gasteiger partial charge in [-0.1, -0.05) is 271 Å². The standard InChI is InChI=1S/C49H99NO3/c1-3-5-7-9-11-13-15-17-19-21-23-24-25-27-29-31-33-35-37-39-41-43-45-49(53)50-47(46-51)48(52)44-42-40-38-36-34-32-30-28-26-22-20-18-16-14-12-10-8-6-4-2/h47-48,51-52H,3-46H2,1-2H3,(H,50,53). The van der Waals surface area contributed by atoms with Crippen molar-refractivity contribution in [1.82, 2.24) is 5.32 Å². The molecule has 0 rings (SSSR count). The third-order valence-corrected chi connectivity index (χ3v) is 11.9. The second kappa shape index (κ2) is 45.8. The van der Waals surface area contributed by atoms with E-state index in [9.17, 15) is 15.0 Å². The highest BCUT2D eigenvalue weighted by Gasteiger charge is 2.20. The highest BCUT2D eigenvalue weighted by molar-refractivity contribution is 5.76. The number of hydrogen-bond acceptors (Lipinski definition) is 3. The van der Waals surface area contributed by atoms with Gasteiger partial charge in [0.05, 0.1) is 18.8 Å². The van der Waals surface area contributed by atoms with E-state index in [-0.39, 0.29) is 12.5 Å². The zero-order chi connectivity index (χ0) is 38.6. The summed E-state index contributed by atoms with van der Waals surface area (Å²) >= 11 is 0. The Hall–Kier alpha value is -0.610. The first-order valence-electron chi connectivity index (χ1n) is 24.7. The summed E-state index contributed by atoms with van der Waals surface area (Å²) in [6.07, 6.45) is 56.3. The molecule has 0 aliphatic carbocycles. The number of aliphatic hydroxyl groups is 2. The Bertz CT molecular complexity index is 685. The monoisotopic (exact) mass is 750 g/mol. The summed E-state index contributed by atoms with van der Waals surface area (Å²) in [5, 5.41) is 23.3. The van der Waals surface area contributed by atoms with Crippen LogP contribution in [0.1, 0.15) is 290 Å². The molecule has 0 aromatic heterocycles. The molecule has 0 radical (unpaired) electrons. The maximum absolute atomic E-state index is 12.4. The molecule has 4 nitrogen and oxygen atoms in total. The topological polar surface area (TPSA) is 69.6 Å². The minimum Gasteiger partial charge on any atom is -0.394 e. The molecule has 53 heavy (non-hydrogen) atoms. The predicted octanol–water partition coefficient (Wildman–Crippen LogP) is 15.6. The Balaban J connectivity index is 3.43. The van der Waals surface area contributed by atoms with Gasteiger partial charge in [-0.3, -0.25) is 4.79 Å². The van der Waals surface area contributed by atoms with E-state index in [1.54, 1.807) is 0 Å². The number of unbranched alkanes of at least 4 members (excludes halogenated alkanes) is 39. The Morgan fingerprint density at radius 1 is 0.377 bits per heavy atom. The number of amides is 1. The van der Waals surface area contributed by atoms with Gasteiger partial charge in [0.15, 0.2) is 0 Å². The van der Waals surface area contributed by atoms with E-state index < -0.39 is 12.1 Å². The van der Waals surface area contributed by atoms with Gasteiger partial charge in [0.25, 0.3) is 0 Å². The molecule has 0 aliphatic heterocycles. The number of hydrogen-bond donors (Lipinski definition) is 3. The Kier molecular flexibility index (Phi) is 45.3. The van der Waals surface area contributed by atoms with E-state index in [0.717, 1.165) is 25.7 Å². The van der Waals surface area contributed by atoms with Gasteiger partial charge in [0.1, 0.15) is 0 Å². The van der Waals surface area contributed by atoms with Crippen LogP contribution < -0.4 is 5.32 Å². The number of aliphatic hydroxyl groups excluding tert-OH is 2. The quantitative estimate of drug-likeness (QED) is 0.0543. The van der Waals surface area contributed by atoms with Crippen LogP contribution in [0.4, 0.5) is 0 Å². The lowest BCUT2D eigenvalue weighted by atomic mass is 10.0. The number of nitrogens with one attached hydrogen (secondary N) is 1. The van der Waals surface area contributed by atoms with Crippen LogP contribution in [-0.4, -0.2) is 34.9 Å². The van der Waals surface area contributed by atoms with E-state index in [1.165, 1.54) is 238 Å². The SMILES string of the molecule is CCCCCCCCCCCCCCCCCCCCCCCCC(=O)NC(CO)C(O)CCCCCCCCCCCCCCCCCCCCC. The van der Waals surface area contributed by atoms with Gasteiger partial charge in [-0.05, 0) is 12.8 Å². The number of carbonyl (C=O) groups is 1. The van der Waals surface area contributed by atoms with Gasteiger partial charge in [-0.15, -0.1) is 0 Å². The maximum atomic E-state index is 12.4. The Morgan fingerprint density at radius 3 is 0.849 bits per heavy atom. The summed E-state index contributed by atoms with van der Waals surface area (Å²) < 4.78 is 0. The molecule has 0 fully saturated rings. The predicted molar refractivity (Wildman–Crippen MR) is 235 cm³/mol. The lowest BCUT2D eigenvalue weighted by Crippen LogP contribution is -2.45. The molecule has 0 heterocycles. The summed E-state index contributed by atoms with van der Waals surface area (Å²) in [7, 11) is 0. The van der Waals surface area contributed by atoms with E-state index in [1.807, 2.05) is 0 Å². The lowest BCUT2D eigenvalue weighted by molar-refractivity contribution is -0.123. The van der Waals surface area contributed by atoms with Gasteiger partial charge >= 0.3 is 0 Å². The molecule has 0 bridgehead atoms. The molecule has 0 saturated carbocycles. The normalized spacial score (nSPS) is 12.8. The fourth-order valence-electron chi connectivity index (χ4n) is 8.07. The summed E-state index contributed by atoms with van der Waals surface area (Å²) in [5.41, 5.74) is 0. The van der Waals surface area contributed by atoms with Crippen LogP contribution >= 0.6 is 0 Å². The van der Waals surface area contributed by atoms with Crippen molar-refractivity contribution >= 4 is 5.91 Å². The van der Waals surface area contributed by atoms with Crippen LogP contribution in [0.2, 0.25) is 0 Å². The zero-order valence-corrected chi connectivity index (χ0v) is 36.6. The van der Waals surface area contributed by atoms with Crippen molar-refractivity contribution < 1.29 is 15.0 Å². The first-order valence-corrected chi connectivity index (χ1v) is 24.7. The molecule has 0 saturated heterocycles. The Morgan fingerprint density at radius 2 is 0.604 bits per heavy atom. The Labute approximate surface area is 334 Å². The van der Waals surface area contributed by atoms with Crippen LogP contribution in [0.25, 0.3) is 0 Å². The molecule has 0 aromatic rings. The van der Waals surface area contributed by atoms with Crippen molar-refractivity contribution in [3.8, 4) is 0 Å². The molecule has 2 atom stereocenters. The van der Waals surface area contributed by atoms with Gasteiger partial charge in [0.2, 0.25) is 5.91 Å². The third kappa shape index (κ3) is 42.4. The highest BCUT2D eigenvalue weighted by Crippen LogP contribution is 2.18. The second-order valence-electron chi connectivity index (χ2n) is 17.3. The van der Waals surface area contributed by atoms with Crippen molar-refractivity contribution in [3.63, 3.8) is 0 Å². The third-order valence-electron chi connectivity index (χ3n) is 11.9. The minimum atomic E-state index is -0.653. The van der Waals surface area contributed by atoms with Crippen molar-refractivity contribution in [3.05, 3.63) is 0 Å². The minimum absolute atomic E-state index is 0.0237. The van der Waals surface area contributed by atoms with Crippen LogP contribution in [0.15, 0.2) is 0 Å². The summed E-state index contributed by atoms with van der Waals surface area (Å²) in [5.74, 6) is -0.0237. The van der Waals surface area contributed by atoms with Crippen LogP contribution in [0.5, 0.6) is 0 Å². The number of rotatable bonds is 46. The summed E-state index contributed by atoms with van der Waals surface area (Å²) in [6.45, 7) is 4.40. The maximum Gasteiger partial charge on any atom is 0.220 e. The van der Waals surface area contributed by atoms with E-state index in [4.69, 9.17) is 0 Å².